The highest BCUT2D eigenvalue weighted by molar-refractivity contribution is 7.92. The fourth-order valence-corrected chi connectivity index (χ4v) is 4.98. The van der Waals surface area contributed by atoms with E-state index in [9.17, 15) is 8.42 Å². The molecule has 0 aliphatic carbocycles. The summed E-state index contributed by atoms with van der Waals surface area (Å²) in [5.41, 5.74) is 0.293. The van der Waals surface area contributed by atoms with Crippen LogP contribution >= 0.6 is 11.3 Å². The Labute approximate surface area is 140 Å². The lowest BCUT2D eigenvalue weighted by Gasteiger charge is -2.36. The van der Waals surface area contributed by atoms with E-state index in [0.717, 1.165) is 10.4 Å². The van der Waals surface area contributed by atoms with Gasteiger partial charge in [0.1, 0.15) is 0 Å². The second-order valence-corrected chi connectivity index (χ2v) is 8.05. The summed E-state index contributed by atoms with van der Waals surface area (Å²) < 4.78 is 33.4. The van der Waals surface area contributed by atoms with Crippen LogP contribution in [-0.4, -0.2) is 21.6 Å². The van der Waals surface area contributed by atoms with Gasteiger partial charge >= 0.3 is 0 Å². The Kier molecular flexibility index (Phi) is 4.96. The Morgan fingerprint density at radius 3 is 2.48 bits per heavy atom. The first-order valence-corrected chi connectivity index (χ1v) is 9.91. The molecule has 1 aromatic heterocycles. The van der Waals surface area contributed by atoms with Crippen LogP contribution in [0.15, 0.2) is 53.3 Å². The Hall–Kier alpha value is -1.47. The van der Waals surface area contributed by atoms with Crippen LogP contribution in [0.5, 0.6) is 0 Å². The molecule has 0 amide bonds. The third kappa shape index (κ3) is 4.09. The van der Waals surface area contributed by atoms with Gasteiger partial charge in [0.15, 0.2) is 0 Å². The lowest BCUT2D eigenvalue weighted by molar-refractivity contribution is 0.0473. The summed E-state index contributed by atoms with van der Waals surface area (Å²) >= 11 is 1.58. The second-order valence-electron chi connectivity index (χ2n) is 5.53. The molecular formula is C17H19NO3S2. The second kappa shape index (κ2) is 6.97. The van der Waals surface area contributed by atoms with Gasteiger partial charge in [-0.05, 0) is 35.9 Å². The molecule has 23 heavy (non-hydrogen) atoms. The summed E-state index contributed by atoms with van der Waals surface area (Å²) in [6, 6.07) is 13.3. The largest absolute Gasteiger partial charge is 0.381 e. The molecule has 1 aliphatic heterocycles. The molecule has 0 bridgehead atoms. The first-order valence-electron chi connectivity index (χ1n) is 7.49. The first kappa shape index (κ1) is 16.4. The molecule has 1 aromatic carbocycles. The minimum Gasteiger partial charge on any atom is -0.381 e. The zero-order valence-corrected chi connectivity index (χ0v) is 14.3. The average Bonchev–Trinajstić information content (AvgIpc) is 3.10. The number of sulfonamides is 1. The quantitative estimate of drug-likeness (QED) is 0.901. The van der Waals surface area contributed by atoms with E-state index >= 15 is 0 Å². The molecule has 0 spiro atoms. The SMILES string of the molecule is O=S(=O)(C=Cc1ccccc1)NC1(c2cccs2)CCOCC1. The standard InChI is InChI=1S/C17H19NO3S2/c19-23(20,14-8-15-5-2-1-3-6-15)18-17(9-11-21-12-10-17)16-7-4-13-22-16/h1-8,13-14,18H,9-12H2. The summed E-state index contributed by atoms with van der Waals surface area (Å²) in [5, 5.41) is 3.22. The average molecular weight is 349 g/mol. The molecule has 0 saturated carbocycles. The topological polar surface area (TPSA) is 55.4 Å². The van der Waals surface area contributed by atoms with Gasteiger partial charge in [-0.1, -0.05) is 36.4 Å². The highest BCUT2D eigenvalue weighted by Crippen LogP contribution is 2.35. The van der Waals surface area contributed by atoms with Crippen molar-refractivity contribution in [3.8, 4) is 0 Å². The van der Waals surface area contributed by atoms with Crippen molar-refractivity contribution < 1.29 is 13.2 Å². The molecule has 0 atom stereocenters. The molecule has 0 radical (unpaired) electrons. The van der Waals surface area contributed by atoms with Crippen LogP contribution in [0.3, 0.4) is 0 Å². The molecule has 122 valence electrons. The van der Waals surface area contributed by atoms with Crippen molar-refractivity contribution in [3.63, 3.8) is 0 Å². The monoisotopic (exact) mass is 349 g/mol. The molecule has 1 aliphatic rings. The van der Waals surface area contributed by atoms with E-state index in [4.69, 9.17) is 4.74 Å². The Balaban J connectivity index is 1.83. The van der Waals surface area contributed by atoms with Crippen molar-refractivity contribution in [2.75, 3.05) is 13.2 Å². The number of nitrogens with one attached hydrogen (secondary N) is 1. The van der Waals surface area contributed by atoms with Crippen molar-refractivity contribution in [1.29, 1.82) is 0 Å². The van der Waals surface area contributed by atoms with Crippen LogP contribution in [0.1, 0.15) is 23.3 Å². The van der Waals surface area contributed by atoms with Crippen LogP contribution in [0, 0.1) is 0 Å². The summed E-state index contributed by atoms with van der Waals surface area (Å²) in [5.74, 6) is 0. The highest BCUT2D eigenvalue weighted by atomic mass is 32.2. The van der Waals surface area contributed by atoms with E-state index < -0.39 is 15.6 Å². The summed E-state index contributed by atoms with van der Waals surface area (Å²) in [4.78, 5) is 1.04. The number of benzene rings is 1. The predicted molar refractivity (Wildman–Crippen MR) is 93.6 cm³/mol. The molecule has 0 unspecified atom stereocenters. The molecule has 1 saturated heterocycles. The lowest BCUT2D eigenvalue weighted by Crippen LogP contribution is -2.48. The van der Waals surface area contributed by atoms with Gasteiger partial charge in [-0.3, -0.25) is 0 Å². The number of ether oxygens (including phenoxy) is 1. The predicted octanol–water partition coefficient (Wildman–Crippen LogP) is 3.34. The maximum absolute atomic E-state index is 12.5. The Morgan fingerprint density at radius 1 is 1.09 bits per heavy atom. The van der Waals surface area contributed by atoms with Gasteiger partial charge in [-0.15, -0.1) is 11.3 Å². The molecule has 1 N–H and O–H groups in total. The fourth-order valence-electron chi connectivity index (χ4n) is 2.71. The van der Waals surface area contributed by atoms with Gasteiger partial charge in [0.05, 0.1) is 5.54 Å². The summed E-state index contributed by atoms with van der Waals surface area (Å²) in [7, 11) is -3.54. The van der Waals surface area contributed by atoms with Crippen molar-refractivity contribution in [1.82, 2.24) is 4.72 Å². The fraction of sp³-hybridized carbons (Fsp3) is 0.294. The summed E-state index contributed by atoms with van der Waals surface area (Å²) in [6.07, 6.45) is 2.90. The molecule has 3 rings (SSSR count). The lowest BCUT2D eigenvalue weighted by atomic mass is 9.90. The van der Waals surface area contributed by atoms with Crippen LogP contribution in [0.4, 0.5) is 0 Å². The molecule has 2 heterocycles. The van der Waals surface area contributed by atoms with Crippen LogP contribution in [0.2, 0.25) is 0 Å². The van der Waals surface area contributed by atoms with Gasteiger partial charge in [0.2, 0.25) is 10.0 Å². The van der Waals surface area contributed by atoms with Crippen molar-refractivity contribution in [2.45, 2.75) is 18.4 Å². The molecular weight excluding hydrogens is 330 g/mol. The molecule has 2 aromatic rings. The third-order valence-electron chi connectivity index (χ3n) is 3.92. The van der Waals surface area contributed by atoms with E-state index in [1.165, 1.54) is 5.41 Å². The van der Waals surface area contributed by atoms with Gasteiger partial charge in [0.25, 0.3) is 0 Å². The van der Waals surface area contributed by atoms with Gasteiger partial charge in [-0.25, -0.2) is 13.1 Å². The van der Waals surface area contributed by atoms with Crippen LogP contribution < -0.4 is 4.72 Å². The van der Waals surface area contributed by atoms with Crippen molar-refractivity contribution >= 4 is 27.4 Å². The van der Waals surface area contributed by atoms with Crippen molar-refractivity contribution in [3.05, 3.63) is 63.7 Å². The molecule has 1 fully saturated rings. The number of thiophene rings is 1. The molecule has 6 heteroatoms. The summed E-state index contributed by atoms with van der Waals surface area (Å²) in [6.45, 7) is 1.12. The maximum Gasteiger partial charge on any atom is 0.234 e. The number of rotatable bonds is 5. The van der Waals surface area contributed by atoms with Crippen LogP contribution in [0.25, 0.3) is 6.08 Å². The van der Waals surface area contributed by atoms with E-state index in [2.05, 4.69) is 4.72 Å². The minimum atomic E-state index is -3.54. The third-order valence-corrected chi connectivity index (χ3v) is 6.16. The van der Waals surface area contributed by atoms with Gasteiger partial charge < -0.3 is 4.74 Å². The maximum atomic E-state index is 12.5. The zero-order valence-electron chi connectivity index (χ0n) is 12.6. The van der Waals surface area contributed by atoms with Gasteiger partial charge in [-0.2, -0.15) is 0 Å². The Bertz CT molecular complexity index is 746. The van der Waals surface area contributed by atoms with E-state index in [-0.39, 0.29) is 0 Å². The van der Waals surface area contributed by atoms with E-state index in [1.54, 1.807) is 17.4 Å². The number of hydrogen-bond acceptors (Lipinski definition) is 4. The van der Waals surface area contributed by atoms with E-state index in [1.807, 2.05) is 47.8 Å². The minimum absolute atomic E-state index is 0.558. The zero-order chi connectivity index (χ0) is 16.2. The first-order chi connectivity index (χ1) is 11.1. The van der Waals surface area contributed by atoms with Crippen molar-refractivity contribution in [2.24, 2.45) is 0 Å². The Morgan fingerprint density at radius 2 is 1.83 bits per heavy atom. The normalized spacial score (nSPS) is 18.3. The van der Waals surface area contributed by atoms with E-state index in [0.29, 0.717) is 26.1 Å². The van der Waals surface area contributed by atoms with Crippen LogP contribution in [-0.2, 0) is 20.3 Å². The smallest absolute Gasteiger partial charge is 0.234 e. The number of hydrogen-bond donors (Lipinski definition) is 1. The highest BCUT2D eigenvalue weighted by Gasteiger charge is 2.38. The molecule has 4 nitrogen and oxygen atoms in total. The van der Waals surface area contributed by atoms with Gasteiger partial charge in [0, 0.05) is 23.5 Å².